The van der Waals surface area contributed by atoms with Gasteiger partial charge in [-0.2, -0.15) is 84.2 Å². The van der Waals surface area contributed by atoms with Crippen LogP contribution in [-0.4, -0.2) is 54.8 Å². The van der Waals surface area contributed by atoms with Gasteiger partial charge in [-0.05, 0) is 87.8 Å². The molecule has 0 aliphatic carbocycles. The fourth-order valence-corrected chi connectivity index (χ4v) is 11.7. The largest absolute Gasteiger partial charge is 3.00 e. The summed E-state index contributed by atoms with van der Waals surface area (Å²) in [6.07, 6.45) is 38.9. The molecule has 0 bridgehead atoms. The number of hydrogen-bond acceptors (Lipinski definition) is 11. The predicted molar refractivity (Wildman–Crippen MR) is 481 cm³/mol. The van der Waals surface area contributed by atoms with Gasteiger partial charge in [0.15, 0.2) is 0 Å². The molecule has 18 aromatic rings. The van der Waals surface area contributed by atoms with Gasteiger partial charge in [0.05, 0.1) is 11.4 Å². The maximum Gasteiger partial charge on any atom is 3.00 e. The van der Waals surface area contributed by atoms with Crippen LogP contribution in [0.25, 0.3) is 123 Å². The van der Waals surface area contributed by atoms with Gasteiger partial charge in [-0.15, -0.1) is 215 Å². The van der Waals surface area contributed by atoms with Crippen molar-refractivity contribution in [3.05, 3.63) is 527 Å². The van der Waals surface area contributed by atoms with Crippen LogP contribution in [0.2, 0.25) is 0 Å². The number of pyridine rings is 9. The second kappa shape index (κ2) is 53.9. The quantitative estimate of drug-likeness (QED) is 0.107. The molecule has 0 N–H and O–H groups in total. The van der Waals surface area contributed by atoms with Crippen molar-refractivity contribution < 1.29 is 80.4 Å². The molecule has 124 heavy (non-hydrogen) atoms. The van der Waals surface area contributed by atoms with Crippen LogP contribution in [0.4, 0.5) is 0 Å². The molecule has 0 fully saturated rings. The summed E-state index contributed by atoms with van der Waals surface area (Å²) in [7, 11) is 0. The van der Waals surface area contributed by atoms with Gasteiger partial charge >= 0.3 is 40.2 Å². The van der Waals surface area contributed by atoms with Crippen molar-refractivity contribution in [1.29, 1.82) is 0 Å². The SMILES string of the molecule is [Ir+3].[Ir+3].[Ir].[Ir].[c-]1ccccc1-c1ccc(-c2ccccn2)cn1.[c-]1ccccc1-c1ccc(-c2cccnc2)cn1.[c-]1ccccc1-c1ccc(-c2cccnc2)cn1.[c-]1ccccc1-c1ccc(-c2ccncn2)cn1.[c-]1ccccc1-c1ccccn1.[c-]1ccccc1-c1ccccn1.[c-]1ccccc1C1C=CC=C[N-]1.[c-]1ccccc1C1C=CC=C[N-]1. The Hall–Kier alpha value is -13.7. The van der Waals surface area contributed by atoms with Gasteiger partial charge in [-0.25, -0.2) is 9.97 Å². The van der Waals surface area contributed by atoms with Crippen molar-refractivity contribution in [2.24, 2.45) is 0 Å². The average molecular weight is 2310 g/mol. The molecule has 8 aromatic carbocycles. The molecule has 12 heterocycles. The van der Waals surface area contributed by atoms with Crippen LogP contribution < -0.4 is 0 Å². The Morgan fingerprint density at radius 2 is 0.508 bits per heavy atom. The predicted octanol–water partition coefficient (Wildman–Crippen LogP) is 24.9. The van der Waals surface area contributed by atoms with Gasteiger partial charge in [-0.1, -0.05) is 140 Å². The van der Waals surface area contributed by atoms with Crippen LogP contribution in [0.15, 0.2) is 457 Å². The smallest absolute Gasteiger partial charge is 0.683 e. The van der Waals surface area contributed by atoms with Gasteiger partial charge in [-0.3, -0.25) is 15.0 Å². The van der Waals surface area contributed by atoms with Crippen molar-refractivity contribution in [2.75, 3.05) is 0 Å². The topological polar surface area (TPSA) is 170 Å². The van der Waals surface area contributed by atoms with E-state index >= 15 is 0 Å². The first kappa shape index (κ1) is 94.2. The van der Waals surface area contributed by atoms with E-state index in [-0.39, 0.29) is 92.5 Å². The fourth-order valence-electron chi connectivity index (χ4n) is 11.7. The number of rotatable bonds is 12. The van der Waals surface area contributed by atoms with E-state index in [1.165, 1.54) is 6.33 Å². The third-order valence-electron chi connectivity index (χ3n) is 17.7. The zero-order chi connectivity index (χ0) is 81.7. The second-order valence-corrected chi connectivity index (χ2v) is 25.9. The Morgan fingerprint density at radius 1 is 0.210 bits per heavy atom. The van der Waals surface area contributed by atoms with Crippen LogP contribution in [0, 0.1) is 48.5 Å². The number of hydrogen-bond donors (Lipinski definition) is 0. The molecule has 0 amide bonds. The van der Waals surface area contributed by atoms with Crippen LogP contribution in [0.1, 0.15) is 23.2 Å². The Morgan fingerprint density at radius 3 is 0.758 bits per heavy atom. The Bertz CT molecular complexity index is 5070. The van der Waals surface area contributed by atoms with Crippen molar-refractivity contribution >= 4 is 0 Å². The summed E-state index contributed by atoms with van der Waals surface area (Å²) < 4.78 is 0. The molecule has 2 aliphatic heterocycles. The summed E-state index contributed by atoms with van der Waals surface area (Å²) in [5.74, 6) is 0. The van der Waals surface area contributed by atoms with E-state index in [4.69, 9.17) is 0 Å². The molecule has 2 unspecified atom stereocenters. The van der Waals surface area contributed by atoms with Gasteiger partial charge in [0, 0.05) is 137 Å². The van der Waals surface area contributed by atoms with Crippen molar-refractivity contribution in [3.8, 4) is 112 Å². The first-order valence-corrected chi connectivity index (χ1v) is 38.6. The fraction of sp³-hybridized carbons (Fsp3) is 0.0187. The van der Waals surface area contributed by atoms with Crippen LogP contribution in [0.5, 0.6) is 0 Å². The molecular formula is C107H77Ir4N13-4. The Kier molecular flexibility index (Phi) is 40.9. The van der Waals surface area contributed by atoms with E-state index in [0.717, 1.165) is 123 Å². The molecular weight excluding hydrogens is 2240 g/mol. The number of aromatic nitrogens is 11. The summed E-state index contributed by atoms with van der Waals surface area (Å²) in [4.78, 5) is 46.9. The molecule has 0 spiro atoms. The molecule has 0 saturated heterocycles. The summed E-state index contributed by atoms with van der Waals surface area (Å²) in [5, 5.41) is 8.60. The third kappa shape index (κ3) is 30.5. The first-order valence-electron chi connectivity index (χ1n) is 38.6. The summed E-state index contributed by atoms with van der Waals surface area (Å²) in [5.41, 5.74) is 22.1. The van der Waals surface area contributed by atoms with Gasteiger partial charge in [0.1, 0.15) is 6.33 Å². The summed E-state index contributed by atoms with van der Waals surface area (Å²) in [6, 6.07) is 132. The average Bonchev–Trinajstić information content (AvgIpc) is 0.845. The van der Waals surface area contributed by atoms with Gasteiger partial charge < -0.3 is 40.5 Å². The van der Waals surface area contributed by atoms with E-state index in [2.05, 4.69) is 138 Å². The molecule has 2 radical (unpaired) electrons. The van der Waals surface area contributed by atoms with Crippen molar-refractivity contribution in [2.45, 2.75) is 12.1 Å². The Labute approximate surface area is 780 Å². The maximum absolute atomic E-state index is 4.47. The maximum atomic E-state index is 4.47. The zero-order valence-electron chi connectivity index (χ0n) is 66.6. The standard InChI is InChI=1S/3C16H11N2.C15H10N3.2C11H9N.2C11H8N.4Ir/c1-2-6-13(7-3-1)16-10-9-14(12-18-16)15-8-4-5-11-17-15;2*1-2-5-13(6-3-1)16-9-8-15(12-18-16)14-7-4-10-17-11-14;1-2-4-12(5-3-1)14-7-6-13(10-17-14)15-8-9-16-11-18-15;4*1-2-6-10(7-3-1)11-8-4-5-9-12-11;;;;/h1-6,8-12H;2*1-5,7-12H;1-4,6-11H;2*1-6,8-9,11H;2*1-6,8-9H;;;;/q4*-1;2*-2;2*-1;;;2*+3. The molecule has 610 valence electrons. The van der Waals surface area contributed by atoms with E-state index < -0.39 is 0 Å². The van der Waals surface area contributed by atoms with Crippen molar-refractivity contribution in [3.63, 3.8) is 0 Å². The van der Waals surface area contributed by atoms with E-state index in [0.29, 0.717) is 0 Å². The molecule has 20 rings (SSSR count). The monoisotopic (exact) mass is 2320 g/mol. The second-order valence-electron chi connectivity index (χ2n) is 25.9. The molecule has 13 nitrogen and oxygen atoms in total. The minimum atomic E-state index is 0. The summed E-state index contributed by atoms with van der Waals surface area (Å²) in [6.45, 7) is 0. The van der Waals surface area contributed by atoms with Crippen molar-refractivity contribution in [1.82, 2.24) is 54.8 Å². The van der Waals surface area contributed by atoms with Crippen LogP contribution >= 0.6 is 0 Å². The first-order chi connectivity index (χ1) is 59.6. The molecule has 10 aromatic heterocycles. The Balaban J connectivity index is 0.000000161. The number of nitrogens with zero attached hydrogens (tertiary/aromatic N) is 13. The van der Waals surface area contributed by atoms with E-state index in [1.54, 1.807) is 37.2 Å². The van der Waals surface area contributed by atoms with E-state index in [9.17, 15) is 0 Å². The van der Waals surface area contributed by atoms with Gasteiger partial charge in [0.2, 0.25) is 0 Å². The minimum Gasteiger partial charge on any atom is -0.683 e. The van der Waals surface area contributed by atoms with Gasteiger partial charge in [0.25, 0.3) is 0 Å². The molecule has 2 atom stereocenters. The van der Waals surface area contributed by atoms with E-state index in [1.807, 2.05) is 389 Å². The normalized spacial score (nSPS) is 11.8. The minimum absolute atomic E-state index is 0. The molecule has 0 saturated carbocycles. The third-order valence-corrected chi connectivity index (χ3v) is 17.7. The van der Waals surface area contributed by atoms with Crippen LogP contribution in [0.3, 0.4) is 0 Å². The molecule has 2 aliphatic rings. The number of allylic oxidation sites excluding steroid dienone is 4. The van der Waals surface area contributed by atoms with Crippen LogP contribution in [-0.2, 0) is 80.4 Å². The zero-order valence-corrected chi connectivity index (χ0v) is 76.2. The summed E-state index contributed by atoms with van der Waals surface area (Å²) >= 11 is 0. The molecule has 17 heteroatoms. The number of benzene rings is 8.